The molecule has 2 aliphatic heterocycles. The molecule has 0 bridgehead atoms. The molecule has 0 saturated carbocycles. The molecular formula is C16H21FN6O4. The standard InChI is InChI=1S/C16H21FN6O4/c17-12-10(9-27-15(24)21-14(18)19)1-4-20-13(12)22-5-2-11(3-6-22)23-7-8-26-16(23)25/h1,4,11H,2-3,5-9H2,(H4,18,19,21,24). The van der Waals surface area contributed by atoms with E-state index in [0.717, 1.165) is 0 Å². The van der Waals surface area contributed by atoms with Crippen molar-refractivity contribution in [3.8, 4) is 0 Å². The van der Waals surface area contributed by atoms with Crippen molar-refractivity contribution in [3.05, 3.63) is 23.6 Å². The van der Waals surface area contributed by atoms with E-state index in [4.69, 9.17) is 20.9 Å². The molecule has 0 spiro atoms. The number of anilines is 1. The number of carbonyl (C=O) groups is 2. The first-order valence-corrected chi connectivity index (χ1v) is 8.54. The fraction of sp³-hybridized carbons (Fsp3) is 0.500. The Bertz CT molecular complexity index is 746. The number of aliphatic imine (C=N–C) groups is 1. The quantitative estimate of drug-likeness (QED) is 0.571. The maximum Gasteiger partial charge on any atom is 0.437 e. The maximum atomic E-state index is 14.8. The monoisotopic (exact) mass is 380 g/mol. The second-order valence-electron chi connectivity index (χ2n) is 6.22. The molecule has 0 atom stereocenters. The van der Waals surface area contributed by atoms with Crippen LogP contribution in [-0.4, -0.2) is 60.3 Å². The minimum atomic E-state index is -0.994. The average molecular weight is 380 g/mol. The number of hydrogen-bond donors (Lipinski definition) is 2. The van der Waals surface area contributed by atoms with Crippen LogP contribution in [0.15, 0.2) is 17.3 Å². The second kappa shape index (κ2) is 8.06. The highest BCUT2D eigenvalue weighted by atomic mass is 19.1. The summed E-state index contributed by atoms with van der Waals surface area (Å²) in [6, 6.07) is 1.51. The van der Waals surface area contributed by atoms with Gasteiger partial charge in [-0.05, 0) is 18.9 Å². The molecule has 2 amide bonds. The van der Waals surface area contributed by atoms with Crippen LogP contribution in [0.5, 0.6) is 0 Å². The van der Waals surface area contributed by atoms with Crippen molar-refractivity contribution in [1.29, 1.82) is 0 Å². The average Bonchev–Trinajstić information content (AvgIpc) is 3.06. The number of nitrogens with two attached hydrogens (primary N) is 2. The molecule has 2 saturated heterocycles. The van der Waals surface area contributed by atoms with E-state index in [1.165, 1.54) is 12.3 Å². The van der Waals surface area contributed by atoms with E-state index in [0.29, 0.717) is 39.1 Å². The number of hydrogen-bond acceptors (Lipinski definition) is 6. The first-order chi connectivity index (χ1) is 13.0. The predicted molar refractivity (Wildman–Crippen MR) is 93.5 cm³/mol. The first kappa shape index (κ1) is 18.7. The number of rotatable bonds is 4. The third-order valence-electron chi connectivity index (χ3n) is 4.52. The van der Waals surface area contributed by atoms with E-state index in [1.54, 1.807) is 4.90 Å². The van der Waals surface area contributed by atoms with Gasteiger partial charge in [-0.1, -0.05) is 0 Å². The molecule has 4 N–H and O–H groups in total. The van der Waals surface area contributed by atoms with Gasteiger partial charge in [-0.15, -0.1) is 4.99 Å². The van der Waals surface area contributed by atoms with Gasteiger partial charge in [0.1, 0.15) is 13.2 Å². The number of pyridine rings is 1. The van der Waals surface area contributed by atoms with Crippen LogP contribution >= 0.6 is 0 Å². The zero-order valence-electron chi connectivity index (χ0n) is 14.6. The van der Waals surface area contributed by atoms with Crippen molar-refractivity contribution in [2.75, 3.05) is 31.1 Å². The highest BCUT2D eigenvalue weighted by molar-refractivity contribution is 5.87. The maximum absolute atomic E-state index is 14.8. The van der Waals surface area contributed by atoms with Gasteiger partial charge in [-0.2, -0.15) is 0 Å². The number of halogens is 1. The van der Waals surface area contributed by atoms with E-state index < -0.39 is 17.9 Å². The second-order valence-corrected chi connectivity index (χ2v) is 6.22. The number of aromatic nitrogens is 1. The molecule has 10 nitrogen and oxygen atoms in total. The third-order valence-corrected chi connectivity index (χ3v) is 4.52. The van der Waals surface area contributed by atoms with Crippen LogP contribution < -0.4 is 16.4 Å². The van der Waals surface area contributed by atoms with E-state index in [1.807, 2.05) is 4.90 Å². The van der Waals surface area contributed by atoms with Gasteiger partial charge in [0.15, 0.2) is 17.6 Å². The zero-order chi connectivity index (χ0) is 19.4. The largest absolute Gasteiger partial charge is 0.448 e. The lowest BCUT2D eigenvalue weighted by Gasteiger charge is -2.36. The van der Waals surface area contributed by atoms with Crippen LogP contribution in [0, 0.1) is 5.82 Å². The number of amides is 2. The summed E-state index contributed by atoms with van der Waals surface area (Å²) in [7, 11) is 0. The highest BCUT2D eigenvalue weighted by Gasteiger charge is 2.33. The first-order valence-electron chi connectivity index (χ1n) is 8.54. The molecular weight excluding hydrogens is 359 g/mol. The summed E-state index contributed by atoms with van der Waals surface area (Å²) < 4.78 is 24.6. The van der Waals surface area contributed by atoms with E-state index in [2.05, 4.69) is 9.98 Å². The molecule has 2 fully saturated rings. The molecule has 0 unspecified atom stereocenters. The fourth-order valence-electron chi connectivity index (χ4n) is 3.21. The van der Waals surface area contributed by atoms with Crippen LogP contribution in [0.3, 0.4) is 0 Å². The Kier molecular flexibility index (Phi) is 5.57. The van der Waals surface area contributed by atoms with Crippen molar-refractivity contribution < 1.29 is 23.5 Å². The van der Waals surface area contributed by atoms with Gasteiger partial charge < -0.3 is 30.7 Å². The summed E-state index contributed by atoms with van der Waals surface area (Å²) >= 11 is 0. The van der Waals surface area contributed by atoms with Crippen LogP contribution in [0.25, 0.3) is 0 Å². The van der Waals surface area contributed by atoms with Gasteiger partial charge in [0.25, 0.3) is 0 Å². The SMILES string of the molecule is NC(N)=NC(=O)OCc1ccnc(N2CCC(N3CCOC3=O)CC2)c1F. The Morgan fingerprint density at radius 2 is 2.11 bits per heavy atom. The smallest absolute Gasteiger partial charge is 0.437 e. The minimum absolute atomic E-state index is 0.0861. The van der Waals surface area contributed by atoms with Gasteiger partial charge in [0, 0.05) is 30.9 Å². The third kappa shape index (κ3) is 4.36. The molecule has 3 rings (SSSR count). The number of cyclic esters (lactones) is 1. The molecule has 1 aromatic heterocycles. The van der Waals surface area contributed by atoms with Crippen molar-refractivity contribution in [2.24, 2.45) is 16.5 Å². The lowest BCUT2D eigenvalue weighted by Crippen LogP contribution is -2.45. The Balaban J connectivity index is 1.61. The molecule has 0 aliphatic carbocycles. The van der Waals surface area contributed by atoms with Gasteiger partial charge in [0.05, 0.1) is 6.54 Å². The molecule has 0 radical (unpaired) electrons. The molecule has 11 heteroatoms. The lowest BCUT2D eigenvalue weighted by atomic mass is 10.0. The van der Waals surface area contributed by atoms with E-state index >= 15 is 0 Å². The Morgan fingerprint density at radius 1 is 1.37 bits per heavy atom. The highest BCUT2D eigenvalue weighted by Crippen LogP contribution is 2.26. The molecule has 1 aromatic rings. The molecule has 0 aromatic carbocycles. The van der Waals surface area contributed by atoms with Crippen molar-refractivity contribution in [3.63, 3.8) is 0 Å². The van der Waals surface area contributed by atoms with E-state index in [9.17, 15) is 14.0 Å². The van der Waals surface area contributed by atoms with E-state index in [-0.39, 0.29) is 30.1 Å². The number of nitrogens with zero attached hydrogens (tertiary/aromatic N) is 4. The normalized spacial score (nSPS) is 17.6. The number of piperidine rings is 1. The molecule has 3 heterocycles. The fourth-order valence-corrected chi connectivity index (χ4v) is 3.21. The van der Waals surface area contributed by atoms with Crippen LogP contribution in [0.2, 0.25) is 0 Å². The number of ether oxygens (including phenoxy) is 2. The van der Waals surface area contributed by atoms with Gasteiger partial charge in [0.2, 0.25) is 0 Å². The van der Waals surface area contributed by atoms with Crippen LogP contribution in [-0.2, 0) is 16.1 Å². The van der Waals surface area contributed by atoms with Gasteiger partial charge in [-0.3, -0.25) is 0 Å². The van der Waals surface area contributed by atoms with Crippen molar-refractivity contribution in [1.82, 2.24) is 9.88 Å². The topological polar surface area (TPSA) is 136 Å². The summed E-state index contributed by atoms with van der Waals surface area (Å²) in [4.78, 5) is 33.9. The molecule has 27 heavy (non-hydrogen) atoms. The summed E-state index contributed by atoms with van der Waals surface area (Å²) in [5.41, 5.74) is 10.3. The number of carbonyl (C=O) groups excluding carboxylic acids is 2. The van der Waals surface area contributed by atoms with Crippen molar-refractivity contribution in [2.45, 2.75) is 25.5 Å². The summed E-state index contributed by atoms with van der Waals surface area (Å²) in [6.45, 7) is 1.79. The summed E-state index contributed by atoms with van der Waals surface area (Å²) in [5, 5.41) is 0. The molecule has 146 valence electrons. The summed E-state index contributed by atoms with van der Waals surface area (Å²) in [6.07, 6.45) is 1.56. The van der Waals surface area contributed by atoms with Gasteiger partial charge in [-0.25, -0.2) is 19.0 Å². The number of guanidine groups is 1. The Morgan fingerprint density at radius 3 is 2.74 bits per heavy atom. The molecule has 2 aliphatic rings. The van der Waals surface area contributed by atoms with Crippen LogP contribution in [0.4, 0.5) is 19.8 Å². The summed E-state index contributed by atoms with van der Waals surface area (Å²) in [5.74, 6) is -0.803. The Hall–Kier alpha value is -3.11. The van der Waals surface area contributed by atoms with Crippen LogP contribution in [0.1, 0.15) is 18.4 Å². The minimum Gasteiger partial charge on any atom is -0.448 e. The predicted octanol–water partition coefficient (Wildman–Crippen LogP) is 0.552. The van der Waals surface area contributed by atoms with Crippen molar-refractivity contribution >= 4 is 24.0 Å². The zero-order valence-corrected chi connectivity index (χ0v) is 14.6. The lowest BCUT2D eigenvalue weighted by molar-refractivity contribution is 0.142. The van der Waals surface area contributed by atoms with Gasteiger partial charge >= 0.3 is 12.2 Å². The Labute approximate surface area is 154 Å².